The fraction of sp³-hybridized carbons (Fsp3) is 0.583. The Bertz CT molecular complexity index is 385. The summed E-state index contributed by atoms with van der Waals surface area (Å²) in [5, 5.41) is 0. The number of pyridine rings is 1. The Kier molecular flexibility index (Phi) is 3.22. The summed E-state index contributed by atoms with van der Waals surface area (Å²) < 4.78 is 6.87. The van der Waals surface area contributed by atoms with Crippen molar-refractivity contribution in [2.24, 2.45) is 11.1 Å². The Labute approximate surface area is 105 Å². The van der Waals surface area contributed by atoms with Gasteiger partial charge in [-0.25, -0.2) is 0 Å². The molecule has 16 heavy (non-hydrogen) atoms. The fourth-order valence-corrected chi connectivity index (χ4v) is 2.48. The van der Waals surface area contributed by atoms with Crippen molar-refractivity contribution in [3.8, 4) is 5.75 Å². The Morgan fingerprint density at radius 2 is 2.38 bits per heavy atom. The molecule has 0 saturated heterocycles. The number of hydrogen-bond acceptors (Lipinski definition) is 3. The molecule has 1 aliphatic carbocycles. The van der Waals surface area contributed by atoms with Crippen molar-refractivity contribution in [3.05, 3.63) is 22.9 Å². The molecule has 0 bridgehead atoms. The van der Waals surface area contributed by atoms with E-state index >= 15 is 0 Å². The number of rotatable bonds is 3. The summed E-state index contributed by atoms with van der Waals surface area (Å²) >= 11 is 3.38. The second-order valence-electron chi connectivity index (χ2n) is 4.65. The minimum absolute atomic E-state index is 0.0995. The maximum Gasteiger partial charge on any atom is 0.139 e. The maximum atomic E-state index is 6.04. The molecule has 2 N–H and O–H groups in total. The second-order valence-corrected chi connectivity index (χ2v) is 5.56. The van der Waals surface area contributed by atoms with Crippen molar-refractivity contribution >= 4 is 15.9 Å². The van der Waals surface area contributed by atoms with Crippen LogP contribution in [0.25, 0.3) is 0 Å². The topological polar surface area (TPSA) is 48.1 Å². The highest BCUT2D eigenvalue weighted by Crippen LogP contribution is 2.44. The molecule has 1 aromatic rings. The van der Waals surface area contributed by atoms with Gasteiger partial charge in [0.25, 0.3) is 0 Å². The van der Waals surface area contributed by atoms with Crippen molar-refractivity contribution < 1.29 is 4.74 Å². The number of nitrogens with two attached hydrogens (primary N) is 1. The smallest absolute Gasteiger partial charge is 0.139 e. The third-order valence-corrected chi connectivity index (χ3v) is 4.20. The van der Waals surface area contributed by atoms with Crippen LogP contribution in [0.1, 0.15) is 26.7 Å². The largest absolute Gasteiger partial charge is 0.488 e. The number of aromatic nitrogens is 1. The lowest BCUT2D eigenvalue weighted by Crippen LogP contribution is -2.61. The molecule has 0 aromatic carbocycles. The van der Waals surface area contributed by atoms with Gasteiger partial charge in [-0.1, -0.05) is 13.8 Å². The van der Waals surface area contributed by atoms with Gasteiger partial charge in [-0.3, -0.25) is 4.98 Å². The molecule has 4 heteroatoms. The summed E-state index contributed by atoms with van der Waals surface area (Å²) in [4.78, 5) is 4.09. The van der Waals surface area contributed by atoms with Gasteiger partial charge in [0.15, 0.2) is 0 Å². The quantitative estimate of drug-likeness (QED) is 0.929. The second kappa shape index (κ2) is 4.34. The predicted molar refractivity (Wildman–Crippen MR) is 67.3 cm³/mol. The number of nitrogens with zero attached hydrogens (tertiary/aromatic N) is 1. The molecular formula is C12H17BrN2O. The molecule has 88 valence electrons. The number of hydrogen-bond donors (Lipinski definition) is 1. The van der Waals surface area contributed by atoms with Gasteiger partial charge < -0.3 is 10.5 Å². The van der Waals surface area contributed by atoms with Crippen LogP contribution in [-0.2, 0) is 0 Å². The van der Waals surface area contributed by atoms with Crippen LogP contribution >= 0.6 is 15.9 Å². The van der Waals surface area contributed by atoms with E-state index in [-0.39, 0.29) is 17.6 Å². The van der Waals surface area contributed by atoms with Crippen LogP contribution in [-0.4, -0.2) is 17.1 Å². The SMILES string of the molecule is CCC1(C)C(N)CC1Oc1cncc(Br)c1. The minimum atomic E-state index is 0.0995. The molecule has 3 nitrogen and oxygen atoms in total. The molecule has 3 unspecified atom stereocenters. The van der Waals surface area contributed by atoms with E-state index in [1.165, 1.54) is 0 Å². The van der Waals surface area contributed by atoms with E-state index in [1.807, 2.05) is 6.07 Å². The van der Waals surface area contributed by atoms with E-state index in [2.05, 4.69) is 34.8 Å². The standard InChI is InChI=1S/C12H17BrN2O/c1-3-12(2)10(14)5-11(12)16-9-4-8(13)6-15-7-9/h4,6-7,10-11H,3,5,14H2,1-2H3. The zero-order chi connectivity index (χ0) is 11.8. The van der Waals surface area contributed by atoms with Crippen molar-refractivity contribution in [3.63, 3.8) is 0 Å². The third-order valence-electron chi connectivity index (χ3n) is 3.77. The van der Waals surface area contributed by atoms with Crippen LogP contribution < -0.4 is 10.5 Å². The van der Waals surface area contributed by atoms with E-state index in [4.69, 9.17) is 10.5 Å². The normalized spacial score (nSPS) is 33.2. The number of halogens is 1. The molecule has 0 aliphatic heterocycles. The molecular weight excluding hydrogens is 268 g/mol. The van der Waals surface area contributed by atoms with E-state index in [9.17, 15) is 0 Å². The molecule has 2 rings (SSSR count). The molecule has 0 spiro atoms. The van der Waals surface area contributed by atoms with Crippen LogP contribution in [0.3, 0.4) is 0 Å². The van der Waals surface area contributed by atoms with Crippen molar-refractivity contribution in [1.29, 1.82) is 0 Å². The fourth-order valence-electron chi connectivity index (χ4n) is 2.14. The molecule has 3 atom stereocenters. The zero-order valence-corrected chi connectivity index (χ0v) is 11.2. The Morgan fingerprint density at radius 1 is 1.62 bits per heavy atom. The summed E-state index contributed by atoms with van der Waals surface area (Å²) in [5.74, 6) is 0.811. The average Bonchev–Trinajstić information content (AvgIpc) is 2.27. The third kappa shape index (κ3) is 1.96. The molecule has 1 saturated carbocycles. The van der Waals surface area contributed by atoms with Gasteiger partial charge in [-0.15, -0.1) is 0 Å². The summed E-state index contributed by atoms with van der Waals surface area (Å²) in [6.07, 6.45) is 5.67. The van der Waals surface area contributed by atoms with E-state index in [1.54, 1.807) is 12.4 Å². The Balaban J connectivity index is 2.06. The lowest BCUT2D eigenvalue weighted by atomic mass is 9.62. The molecule has 1 fully saturated rings. The monoisotopic (exact) mass is 284 g/mol. The minimum Gasteiger partial charge on any atom is -0.488 e. The van der Waals surface area contributed by atoms with E-state index < -0.39 is 0 Å². The molecule has 1 aliphatic rings. The van der Waals surface area contributed by atoms with Gasteiger partial charge >= 0.3 is 0 Å². The maximum absolute atomic E-state index is 6.04. The van der Waals surface area contributed by atoms with Crippen LogP contribution in [0.5, 0.6) is 5.75 Å². The Morgan fingerprint density at radius 3 is 2.94 bits per heavy atom. The van der Waals surface area contributed by atoms with E-state index in [0.29, 0.717) is 0 Å². The first-order valence-electron chi connectivity index (χ1n) is 5.59. The van der Waals surface area contributed by atoms with Crippen LogP contribution in [0.2, 0.25) is 0 Å². The molecule has 0 radical (unpaired) electrons. The summed E-state index contributed by atoms with van der Waals surface area (Å²) in [6, 6.07) is 2.19. The molecule has 1 heterocycles. The first-order valence-corrected chi connectivity index (χ1v) is 6.38. The van der Waals surface area contributed by atoms with Gasteiger partial charge in [0.2, 0.25) is 0 Å². The van der Waals surface area contributed by atoms with Crippen molar-refractivity contribution in [2.75, 3.05) is 0 Å². The van der Waals surface area contributed by atoms with Crippen LogP contribution in [0.15, 0.2) is 22.9 Å². The van der Waals surface area contributed by atoms with Gasteiger partial charge in [0.05, 0.1) is 6.20 Å². The highest BCUT2D eigenvalue weighted by atomic mass is 79.9. The summed E-state index contributed by atoms with van der Waals surface area (Å²) in [5.41, 5.74) is 6.14. The van der Waals surface area contributed by atoms with E-state index in [0.717, 1.165) is 23.1 Å². The average molecular weight is 285 g/mol. The van der Waals surface area contributed by atoms with Crippen LogP contribution in [0.4, 0.5) is 0 Å². The first-order chi connectivity index (χ1) is 7.56. The lowest BCUT2D eigenvalue weighted by Gasteiger charge is -2.51. The summed E-state index contributed by atoms with van der Waals surface area (Å²) in [7, 11) is 0. The highest BCUT2D eigenvalue weighted by molar-refractivity contribution is 9.10. The zero-order valence-electron chi connectivity index (χ0n) is 9.61. The van der Waals surface area contributed by atoms with Gasteiger partial charge in [-0.05, 0) is 28.4 Å². The van der Waals surface area contributed by atoms with Crippen LogP contribution in [0, 0.1) is 5.41 Å². The van der Waals surface area contributed by atoms with Gasteiger partial charge in [-0.2, -0.15) is 0 Å². The molecule has 1 aromatic heterocycles. The van der Waals surface area contributed by atoms with Gasteiger partial charge in [0.1, 0.15) is 11.9 Å². The van der Waals surface area contributed by atoms with Crippen molar-refractivity contribution in [1.82, 2.24) is 4.98 Å². The lowest BCUT2D eigenvalue weighted by molar-refractivity contribution is -0.0562. The predicted octanol–water partition coefficient (Wildman–Crippen LogP) is 2.74. The first kappa shape index (κ1) is 11.9. The summed E-state index contributed by atoms with van der Waals surface area (Å²) in [6.45, 7) is 4.35. The van der Waals surface area contributed by atoms with Crippen molar-refractivity contribution in [2.45, 2.75) is 38.8 Å². The Hall–Kier alpha value is -0.610. The highest BCUT2D eigenvalue weighted by Gasteiger charge is 2.50. The number of ether oxygens (including phenoxy) is 1. The molecule has 0 amide bonds. The van der Waals surface area contributed by atoms with Gasteiger partial charge in [0, 0.05) is 28.5 Å².